The average Bonchev–Trinajstić information content (AvgIpc) is 2.30. The molecule has 3 heteroatoms. The van der Waals surface area contributed by atoms with Crippen molar-refractivity contribution in [2.24, 2.45) is 7.05 Å². The van der Waals surface area contributed by atoms with Crippen molar-refractivity contribution in [3.05, 3.63) is 16.7 Å². The van der Waals surface area contributed by atoms with Crippen LogP contribution in [-0.2, 0) is 13.5 Å². The van der Waals surface area contributed by atoms with E-state index in [9.17, 15) is 0 Å². The molecule has 1 aromatic heterocycles. The second-order valence-corrected chi connectivity index (χ2v) is 3.42. The lowest BCUT2D eigenvalue weighted by Crippen LogP contribution is -1.99. The van der Waals surface area contributed by atoms with Crippen molar-refractivity contribution in [1.29, 1.82) is 0 Å². The first kappa shape index (κ1) is 9.59. The topological polar surface area (TPSA) is 17.8 Å². The van der Waals surface area contributed by atoms with Gasteiger partial charge in [-0.05, 0) is 13.3 Å². The molecule has 0 unspecified atom stereocenters. The number of nitrogens with zero attached hydrogens (tertiary/aromatic N) is 2. The highest BCUT2D eigenvalue weighted by Crippen LogP contribution is 2.15. The van der Waals surface area contributed by atoms with E-state index in [0.29, 0.717) is 5.15 Å². The largest absolute Gasteiger partial charge is 0.334 e. The molecule has 1 heterocycles. The van der Waals surface area contributed by atoms with E-state index in [1.807, 2.05) is 14.0 Å². The molecule has 0 radical (unpaired) electrons. The van der Waals surface area contributed by atoms with Gasteiger partial charge in [0.2, 0.25) is 0 Å². The van der Waals surface area contributed by atoms with Gasteiger partial charge < -0.3 is 4.57 Å². The predicted octanol–water partition coefficient (Wildman–Crippen LogP) is 2.72. The van der Waals surface area contributed by atoms with Crippen LogP contribution in [0.1, 0.15) is 31.3 Å². The highest BCUT2D eigenvalue weighted by atomic mass is 35.5. The number of imidazole rings is 1. The molecular formula is C9H15ClN2. The third kappa shape index (κ3) is 1.81. The fourth-order valence-electron chi connectivity index (χ4n) is 1.16. The summed E-state index contributed by atoms with van der Waals surface area (Å²) in [6.07, 6.45) is 3.41. The second kappa shape index (κ2) is 3.94. The van der Waals surface area contributed by atoms with E-state index in [1.165, 1.54) is 12.8 Å². The number of unbranched alkanes of at least 4 members (excludes halogenated alkanes) is 1. The lowest BCUT2D eigenvalue weighted by molar-refractivity contribution is 0.704. The highest BCUT2D eigenvalue weighted by molar-refractivity contribution is 6.30. The Morgan fingerprint density at radius 1 is 1.50 bits per heavy atom. The van der Waals surface area contributed by atoms with Crippen LogP contribution >= 0.6 is 11.6 Å². The standard InChI is InChI=1S/C9H15ClN2/c1-4-5-6-8-11-9(10)7(2)12(8)3/h4-6H2,1-3H3. The van der Waals surface area contributed by atoms with Crippen molar-refractivity contribution in [2.75, 3.05) is 0 Å². The van der Waals surface area contributed by atoms with Crippen LogP contribution in [0.2, 0.25) is 5.15 Å². The van der Waals surface area contributed by atoms with Crippen molar-refractivity contribution in [3.63, 3.8) is 0 Å². The van der Waals surface area contributed by atoms with Gasteiger partial charge in [0, 0.05) is 13.5 Å². The van der Waals surface area contributed by atoms with Crippen LogP contribution in [0.5, 0.6) is 0 Å². The molecule has 0 aliphatic carbocycles. The minimum absolute atomic E-state index is 0.642. The molecule has 0 atom stereocenters. The Hall–Kier alpha value is -0.500. The van der Waals surface area contributed by atoms with E-state index < -0.39 is 0 Å². The Labute approximate surface area is 78.6 Å². The summed E-state index contributed by atoms with van der Waals surface area (Å²) in [5.74, 6) is 1.10. The van der Waals surface area contributed by atoms with Crippen LogP contribution in [-0.4, -0.2) is 9.55 Å². The minimum atomic E-state index is 0.642. The Bertz CT molecular complexity index is 266. The van der Waals surface area contributed by atoms with Gasteiger partial charge in [0.25, 0.3) is 0 Å². The van der Waals surface area contributed by atoms with E-state index in [0.717, 1.165) is 17.9 Å². The molecule has 0 saturated carbocycles. The molecular weight excluding hydrogens is 172 g/mol. The van der Waals surface area contributed by atoms with E-state index in [2.05, 4.69) is 16.5 Å². The van der Waals surface area contributed by atoms with E-state index in [4.69, 9.17) is 11.6 Å². The van der Waals surface area contributed by atoms with Gasteiger partial charge in [0.1, 0.15) is 11.0 Å². The van der Waals surface area contributed by atoms with Crippen molar-refractivity contribution < 1.29 is 0 Å². The lowest BCUT2D eigenvalue weighted by Gasteiger charge is -2.00. The summed E-state index contributed by atoms with van der Waals surface area (Å²) in [5, 5.41) is 0.642. The monoisotopic (exact) mass is 186 g/mol. The molecule has 68 valence electrons. The molecule has 0 saturated heterocycles. The molecule has 1 aromatic rings. The number of halogens is 1. The Morgan fingerprint density at radius 2 is 2.17 bits per heavy atom. The molecule has 0 spiro atoms. The minimum Gasteiger partial charge on any atom is -0.334 e. The van der Waals surface area contributed by atoms with Crippen LogP contribution < -0.4 is 0 Å². The maximum atomic E-state index is 5.88. The molecule has 0 aromatic carbocycles. The second-order valence-electron chi connectivity index (χ2n) is 3.07. The van der Waals surface area contributed by atoms with Gasteiger partial charge >= 0.3 is 0 Å². The van der Waals surface area contributed by atoms with Gasteiger partial charge in [0.05, 0.1) is 5.69 Å². The van der Waals surface area contributed by atoms with E-state index in [1.54, 1.807) is 0 Å². The van der Waals surface area contributed by atoms with Crippen molar-refractivity contribution >= 4 is 11.6 Å². The molecule has 0 aliphatic rings. The first-order chi connectivity index (χ1) is 5.66. The van der Waals surface area contributed by atoms with Crippen LogP contribution in [0, 0.1) is 6.92 Å². The van der Waals surface area contributed by atoms with Gasteiger partial charge in [-0.2, -0.15) is 0 Å². The SMILES string of the molecule is CCCCc1nc(Cl)c(C)n1C. The molecule has 0 bridgehead atoms. The number of hydrogen-bond donors (Lipinski definition) is 0. The van der Waals surface area contributed by atoms with Crippen LogP contribution in [0.25, 0.3) is 0 Å². The highest BCUT2D eigenvalue weighted by Gasteiger charge is 2.07. The molecule has 12 heavy (non-hydrogen) atoms. The first-order valence-corrected chi connectivity index (χ1v) is 4.72. The Balaban J connectivity index is 2.79. The Kier molecular flexibility index (Phi) is 3.15. The summed E-state index contributed by atoms with van der Waals surface area (Å²) >= 11 is 5.88. The van der Waals surface area contributed by atoms with E-state index in [-0.39, 0.29) is 0 Å². The van der Waals surface area contributed by atoms with Crippen LogP contribution in [0.3, 0.4) is 0 Å². The van der Waals surface area contributed by atoms with Crippen molar-refractivity contribution in [2.45, 2.75) is 33.1 Å². The number of aromatic nitrogens is 2. The zero-order valence-corrected chi connectivity index (χ0v) is 8.65. The summed E-state index contributed by atoms with van der Waals surface area (Å²) < 4.78 is 2.07. The lowest BCUT2D eigenvalue weighted by atomic mass is 10.2. The molecule has 0 amide bonds. The summed E-state index contributed by atoms with van der Waals surface area (Å²) in [5.41, 5.74) is 1.06. The molecule has 1 rings (SSSR count). The van der Waals surface area contributed by atoms with Crippen LogP contribution in [0.4, 0.5) is 0 Å². The number of hydrogen-bond acceptors (Lipinski definition) is 1. The molecule has 2 nitrogen and oxygen atoms in total. The summed E-state index contributed by atoms with van der Waals surface area (Å²) in [6.45, 7) is 4.17. The van der Waals surface area contributed by atoms with Crippen molar-refractivity contribution in [3.8, 4) is 0 Å². The fraction of sp³-hybridized carbons (Fsp3) is 0.667. The first-order valence-electron chi connectivity index (χ1n) is 4.34. The van der Waals surface area contributed by atoms with Gasteiger partial charge in [-0.3, -0.25) is 0 Å². The smallest absolute Gasteiger partial charge is 0.150 e. The quantitative estimate of drug-likeness (QED) is 0.710. The molecule has 0 fully saturated rings. The summed E-state index contributed by atoms with van der Waals surface area (Å²) in [7, 11) is 2.01. The van der Waals surface area contributed by atoms with Crippen molar-refractivity contribution in [1.82, 2.24) is 9.55 Å². The molecule has 0 aliphatic heterocycles. The third-order valence-electron chi connectivity index (χ3n) is 2.17. The maximum absolute atomic E-state index is 5.88. The van der Waals surface area contributed by atoms with Gasteiger partial charge in [-0.15, -0.1) is 0 Å². The predicted molar refractivity (Wildman–Crippen MR) is 51.6 cm³/mol. The zero-order valence-electron chi connectivity index (χ0n) is 7.89. The van der Waals surface area contributed by atoms with Gasteiger partial charge in [-0.1, -0.05) is 24.9 Å². The normalized spacial score (nSPS) is 10.7. The fourth-order valence-corrected chi connectivity index (χ4v) is 1.38. The third-order valence-corrected chi connectivity index (χ3v) is 2.53. The molecule has 0 N–H and O–H groups in total. The summed E-state index contributed by atoms with van der Waals surface area (Å²) in [4.78, 5) is 4.28. The van der Waals surface area contributed by atoms with E-state index >= 15 is 0 Å². The summed E-state index contributed by atoms with van der Waals surface area (Å²) in [6, 6.07) is 0. The maximum Gasteiger partial charge on any atom is 0.150 e. The van der Waals surface area contributed by atoms with Crippen LogP contribution in [0.15, 0.2) is 0 Å². The van der Waals surface area contributed by atoms with Gasteiger partial charge in [0.15, 0.2) is 0 Å². The Morgan fingerprint density at radius 3 is 2.58 bits per heavy atom. The average molecular weight is 187 g/mol. The van der Waals surface area contributed by atoms with Gasteiger partial charge in [-0.25, -0.2) is 4.98 Å². The number of rotatable bonds is 3. The zero-order chi connectivity index (χ0) is 9.14. The number of aryl methyl sites for hydroxylation is 1.